The summed E-state index contributed by atoms with van der Waals surface area (Å²) < 4.78 is 7.52. The molecule has 4 heteroatoms. The molecule has 1 aromatic carbocycles. The zero-order chi connectivity index (χ0) is 9.42. The first-order valence-electron chi connectivity index (χ1n) is 4.06. The van der Waals surface area contributed by atoms with Gasteiger partial charge in [0, 0.05) is 27.0 Å². The van der Waals surface area contributed by atoms with Crippen molar-refractivity contribution in [3.05, 3.63) is 26.6 Å². The predicted molar refractivity (Wildman–Crippen MR) is 58.9 cm³/mol. The van der Waals surface area contributed by atoms with Gasteiger partial charge in [-0.05, 0) is 44.0 Å². The lowest BCUT2D eigenvalue weighted by Crippen LogP contribution is -2.20. The van der Waals surface area contributed by atoms with Crippen molar-refractivity contribution in [3.63, 3.8) is 0 Å². The maximum absolute atomic E-state index is 5.95. The Morgan fingerprint density at radius 1 is 1.31 bits per heavy atom. The Morgan fingerprint density at radius 2 is 2.00 bits per heavy atom. The molecule has 0 saturated carbocycles. The normalized spacial score (nSPS) is 20.7. The van der Waals surface area contributed by atoms with E-state index < -0.39 is 0 Å². The minimum Gasteiger partial charge on any atom is -0.493 e. The number of fused-ring (bicyclic) bond motifs is 1. The van der Waals surface area contributed by atoms with Crippen LogP contribution in [0.3, 0.4) is 0 Å². The highest BCUT2D eigenvalue weighted by Gasteiger charge is 2.19. The van der Waals surface area contributed by atoms with Gasteiger partial charge < -0.3 is 10.5 Å². The smallest absolute Gasteiger partial charge is 0.125 e. The fourth-order valence-electron chi connectivity index (χ4n) is 1.41. The van der Waals surface area contributed by atoms with E-state index in [-0.39, 0.29) is 6.04 Å². The van der Waals surface area contributed by atoms with E-state index in [4.69, 9.17) is 10.5 Å². The van der Waals surface area contributed by atoms with Crippen molar-refractivity contribution >= 4 is 31.9 Å². The first kappa shape index (κ1) is 9.49. The Morgan fingerprint density at radius 3 is 2.77 bits per heavy atom. The van der Waals surface area contributed by atoms with Gasteiger partial charge in [-0.1, -0.05) is 0 Å². The molecule has 2 rings (SSSR count). The first-order chi connectivity index (χ1) is 6.18. The second-order valence-corrected chi connectivity index (χ2v) is 4.76. The number of rotatable bonds is 0. The average Bonchev–Trinajstić information content (AvgIpc) is 2.09. The minimum atomic E-state index is 0.105. The summed E-state index contributed by atoms with van der Waals surface area (Å²) in [6, 6.07) is 4.08. The van der Waals surface area contributed by atoms with Crippen molar-refractivity contribution in [1.29, 1.82) is 0 Å². The monoisotopic (exact) mass is 305 g/mol. The van der Waals surface area contributed by atoms with Gasteiger partial charge in [-0.15, -0.1) is 0 Å². The topological polar surface area (TPSA) is 35.2 Å². The van der Waals surface area contributed by atoms with Crippen molar-refractivity contribution in [1.82, 2.24) is 0 Å². The minimum absolute atomic E-state index is 0.105. The van der Waals surface area contributed by atoms with E-state index >= 15 is 0 Å². The number of ether oxygens (including phenoxy) is 1. The van der Waals surface area contributed by atoms with Crippen molar-refractivity contribution in [2.75, 3.05) is 6.61 Å². The summed E-state index contributed by atoms with van der Waals surface area (Å²) in [5.41, 5.74) is 7.03. The van der Waals surface area contributed by atoms with Gasteiger partial charge in [0.25, 0.3) is 0 Å². The number of benzene rings is 1. The zero-order valence-electron chi connectivity index (χ0n) is 6.89. The molecule has 13 heavy (non-hydrogen) atoms. The summed E-state index contributed by atoms with van der Waals surface area (Å²) in [6.45, 7) is 0.711. The summed E-state index contributed by atoms with van der Waals surface area (Å²) in [6.07, 6.45) is 0.890. The van der Waals surface area contributed by atoms with Crippen LogP contribution in [0.15, 0.2) is 21.1 Å². The van der Waals surface area contributed by atoms with Gasteiger partial charge in [0.2, 0.25) is 0 Å². The van der Waals surface area contributed by atoms with Crippen LogP contribution in [0.4, 0.5) is 0 Å². The molecule has 0 unspecified atom stereocenters. The number of hydrogen-bond donors (Lipinski definition) is 1. The molecule has 2 N–H and O–H groups in total. The summed E-state index contributed by atoms with van der Waals surface area (Å²) in [7, 11) is 0. The molecule has 0 aromatic heterocycles. The van der Waals surface area contributed by atoms with E-state index in [0.717, 1.165) is 26.7 Å². The van der Waals surface area contributed by atoms with Gasteiger partial charge in [0.1, 0.15) is 5.75 Å². The van der Waals surface area contributed by atoms with Crippen LogP contribution < -0.4 is 10.5 Å². The number of halogens is 2. The quantitative estimate of drug-likeness (QED) is 0.800. The fraction of sp³-hybridized carbons (Fsp3) is 0.333. The first-order valence-corrected chi connectivity index (χ1v) is 5.64. The van der Waals surface area contributed by atoms with E-state index in [1.807, 2.05) is 12.1 Å². The molecule has 0 bridgehead atoms. The number of nitrogens with two attached hydrogens (primary N) is 1. The molecule has 1 aromatic rings. The van der Waals surface area contributed by atoms with E-state index in [0.29, 0.717) is 6.61 Å². The highest BCUT2D eigenvalue weighted by molar-refractivity contribution is 9.13. The average molecular weight is 307 g/mol. The Kier molecular flexibility index (Phi) is 2.62. The maximum atomic E-state index is 5.95. The van der Waals surface area contributed by atoms with Crippen molar-refractivity contribution < 1.29 is 4.74 Å². The lowest BCUT2D eigenvalue weighted by molar-refractivity contribution is 0.268. The second-order valence-electron chi connectivity index (χ2n) is 3.05. The molecular weight excluding hydrogens is 298 g/mol. The van der Waals surface area contributed by atoms with Gasteiger partial charge in [-0.2, -0.15) is 0 Å². The Bertz CT molecular complexity index is 341. The van der Waals surface area contributed by atoms with Crippen LogP contribution in [0, 0.1) is 0 Å². The van der Waals surface area contributed by atoms with Crippen LogP contribution in [0.5, 0.6) is 5.75 Å². The van der Waals surface area contributed by atoms with Gasteiger partial charge in [-0.3, -0.25) is 0 Å². The number of hydrogen-bond acceptors (Lipinski definition) is 2. The molecule has 1 atom stereocenters. The molecule has 2 nitrogen and oxygen atoms in total. The summed E-state index contributed by atoms with van der Waals surface area (Å²) in [5.74, 6) is 0.897. The second kappa shape index (κ2) is 3.59. The summed E-state index contributed by atoms with van der Waals surface area (Å²) >= 11 is 6.87. The lowest BCUT2D eigenvalue weighted by atomic mass is 10.0. The molecule has 0 spiro atoms. The zero-order valence-corrected chi connectivity index (χ0v) is 10.1. The van der Waals surface area contributed by atoms with E-state index in [9.17, 15) is 0 Å². The Hall–Kier alpha value is -0.0600. The van der Waals surface area contributed by atoms with Crippen LogP contribution in [-0.2, 0) is 0 Å². The summed E-state index contributed by atoms with van der Waals surface area (Å²) in [4.78, 5) is 0. The largest absolute Gasteiger partial charge is 0.493 e. The van der Waals surface area contributed by atoms with E-state index in [2.05, 4.69) is 31.9 Å². The molecule has 0 amide bonds. The molecule has 0 fully saturated rings. The third-order valence-electron chi connectivity index (χ3n) is 2.14. The third-order valence-corrected chi connectivity index (χ3v) is 3.98. The third kappa shape index (κ3) is 1.75. The van der Waals surface area contributed by atoms with Crippen molar-refractivity contribution in [2.45, 2.75) is 12.5 Å². The Labute approximate surface area is 93.7 Å². The molecule has 0 saturated heterocycles. The van der Waals surface area contributed by atoms with Crippen LogP contribution in [-0.4, -0.2) is 6.61 Å². The molecule has 0 radical (unpaired) electrons. The molecule has 1 aliphatic heterocycles. The van der Waals surface area contributed by atoms with Crippen LogP contribution in [0.1, 0.15) is 18.0 Å². The SMILES string of the molecule is N[C@@H]1CCOc2cc(Br)c(Br)cc21. The molecule has 1 aliphatic rings. The van der Waals surface area contributed by atoms with Gasteiger partial charge >= 0.3 is 0 Å². The molecular formula is C9H9Br2NO. The highest BCUT2D eigenvalue weighted by Crippen LogP contribution is 2.37. The molecule has 0 aliphatic carbocycles. The lowest BCUT2D eigenvalue weighted by Gasteiger charge is -2.23. The standard InChI is InChI=1S/C9H9Br2NO/c10-6-3-5-8(12)1-2-13-9(5)4-7(6)11/h3-4,8H,1-2,12H2/t8-/m1/s1. The predicted octanol–water partition coefficient (Wildman–Crippen LogP) is 2.99. The maximum Gasteiger partial charge on any atom is 0.125 e. The van der Waals surface area contributed by atoms with Gasteiger partial charge in [-0.25, -0.2) is 0 Å². The van der Waals surface area contributed by atoms with Crippen LogP contribution >= 0.6 is 31.9 Å². The highest BCUT2D eigenvalue weighted by atomic mass is 79.9. The van der Waals surface area contributed by atoms with Gasteiger partial charge in [0.15, 0.2) is 0 Å². The summed E-state index contributed by atoms with van der Waals surface area (Å²) in [5, 5.41) is 0. The molecule has 1 heterocycles. The Balaban J connectivity index is 2.52. The van der Waals surface area contributed by atoms with Crippen molar-refractivity contribution in [2.24, 2.45) is 5.73 Å². The van der Waals surface area contributed by atoms with Crippen molar-refractivity contribution in [3.8, 4) is 5.75 Å². The fourth-order valence-corrected chi connectivity index (χ4v) is 2.09. The van der Waals surface area contributed by atoms with Crippen LogP contribution in [0.25, 0.3) is 0 Å². The van der Waals surface area contributed by atoms with Gasteiger partial charge in [0.05, 0.1) is 6.61 Å². The van der Waals surface area contributed by atoms with E-state index in [1.165, 1.54) is 0 Å². The van der Waals surface area contributed by atoms with Crippen LogP contribution in [0.2, 0.25) is 0 Å². The van der Waals surface area contributed by atoms with E-state index in [1.54, 1.807) is 0 Å². The molecule has 70 valence electrons.